The van der Waals surface area contributed by atoms with Gasteiger partial charge in [-0.1, -0.05) is 0 Å². The Morgan fingerprint density at radius 1 is 1.39 bits per heavy atom. The number of nitrogens with zero attached hydrogens (tertiary/aromatic N) is 3. The van der Waals surface area contributed by atoms with Crippen LogP contribution in [0.25, 0.3) is 0 Å². The molecule has 2 saturated heterocycles. The molecule has 0 bridgehead atoms. The summed E-state index contributed by atoms with van der Waals surface area (Å²) in [6.07, 6.45) is 4.32. The average Bonchev–Trinajstić information content (AvgIpc) is 3.13. The molecule has 2 aliphatic heterocycles. The predicted octanol–water partition coefficient (Wildman–Crippen LogP) is 1.32. The van der Waals surface area contributed by atoms with Crippen LogP contribution in [0.3, 0.4) is 0 Å². The second kappa shape index (κ2) is 7.42. The van der Waals surface area contributed by atoms with Crippen molar-refractivity contribution in [3.63, 3.8) is 0 Å². The standard InChI is InChI=1S/C17H22N4O2/c18-9-13-1-2-16(19-10-13)21-6-3-15(4-7-21)17(22)20-11-14-5-8-23-12-14/h1-2,10,14-15H,3-8,11-12H2,(H,20,22). The molecule has 122 valence electrons. The van der Waals surface area contributed by atoms with Crippen molar-refractivity contribution in [2.45, 2.75) is 19.3 Å². The van der Waals surface area contributed by atoms with Gasteiger partial charge in [0.2, 0.25) is 5.91 Å². The maximum absolute atomic E-state index is 12.3. The van der Waals surface area contributed by atoms with Gasteiger partial charge in [0.25, 0.3) is 0 Å². The minimum Gasteiger partial charge on any atom is -0.381 e. The van der Waals surface area contributed by atoms with Crippen LogP contribution >= 0.6 is 0 Å². The van der Waals surface area contributed by atoms with E-state index in [1.807, 2.05) is 6.07 Å². The van der Waals surface area contributed by atoms with Crippen molar-refractivity contribution >= 4 is 11.7 Å². The van der Waals surface area contributed by atoms with Gasteiger partial charge in [-0.05, 0) is 31.4 Å². The summed E-state index contributed by atoms with van der Waals surface area (Å²) in [6, 6.07) is 5.73. The second-order valence-electron chi connectivity index (χ2n) is 6.25. The van der Waals surface area contributed by atoms with Crippen LogP contribution in [0.5, 0.6) is 0 Å². The molecule has 23 heavy (non-hydrogen) atoms. The number of aromatic nitrogens is 1. The molecule has 0 saturated carbocycles. The van der Waals surface area contributed by atoms with Gasteiger partial charge in [0, 0.05) is 44.3 Å². The molecule has 3 heterocycles. The summed E-state index contributed by atoms with van der Waals surface area (Å²) >= 11 is 0. The molecule has 2 fully saturated rings. The van der Waals surface area contributed by atoms with Crippen LogP contribution in [0.2, 0.25) is 0 Å². The van der Waals surface area contributed by atoms with Crippen molar-refractivity contribution in [3.05, 3.63) is 23.9 Å². The van der Waals surface area contributed by atoms with Gasteiger partial charge in [-0.15, -0.1) is 0 Å². The zero-order valence-electron chi connectivity index (χ0n) is 13.2. The lowest BCUT2D eigenvalue weighted by Crippen LogP contribution is -2.42. The third kappa shape index (κ3) is 3.99. The van der Waals surface area contributed by atoms with Crippen molar-refractivity contribution < 1.29 is 9.53 Å². The SMILES string of the molecule is N#Cc1ccc(N2CCC(C(=O)NCC3CCOC3)CC2)nc1. The highest BCUT2D eigenvalue weighted by molar-refractivity contribution is 5.79. The number of carbonyl (C=O) groups is 1. The van der Waals surface area contributed by atoms with E-state index in [1.165, 1.54) is 0 Å². The number of nitriles is 1. The Morgan fingerprint density at radius 2 is 2.22 bits per heavy atom. The highest BCUT2D eigenvalue weighted by Crippen LogP contribution is 2.22. The number of pyridine rings is 1. The summed E-state index contributed by atoms with van der Waals surface area (Å²) in [4.78, 5) is 18.8. The van der Waals surface area contributed by atoms with Crippen LogP contribution in [-0.2, 0) is 9.53 Å². The number of amides is 1. The van der Waals surface area contributed by atoms with Crippen LogP contribution in [0.15, 0.2) is 18.3 Å². The lowest BCUT2D eigenvalue weighted by atomic mass is 9.95. The molecular weight excluding hydrogens is 292 g/mol. The maximum Gasteiger partial charge on any atom is 0.223 e. The molecule has 1 aromatic heterocycles. The van der Waals surface area contributed by atoms with Crippen LogP contribution in [0.4, 0.5) is 5.82 Å². The third-order valence-electron chi connectivity index (χ3n) is 4.66. The van der Waals surface area contributed by atoms with E-state index >= 15 is 0 Å². The monoisotopic (exact) mass is 314 g/mol. The van der Waals surface area contributed by atoms with E-state index < -0.39 is 0 Å². The van der Waals surface area contributed by atoms with E-state index in [1.54, 1.807) is 12.3 Å². The molecule has 6 heteroatoms. The van der Waals surface area contributed by atoms with Gasteiger partial charge in [-0.3, -0.25) is 4.79 Å². The van der Waals surface area contributed by atoms with Gasteiger partial charge in [0.05, 0.1) is 12.2 Å². The molecule has 1 N–H and O–H groups in total. The lowest BCUT2D eigenvalue weighted by molar-refractivity contribution is -0.125. The van der Waals surface area contributed by atoms with E-state index in [0.717, 1.165) is 57.9 Å². The summed E-state index contributed by atoms with van der Waals surface area (Å²) in [6.45, 7) is 3.96. The Balaban J connectivity index is 1.45. The smallest absolute Gasteiger partial charge is 0.223 e. The topological polar surface area (TPSA) is 78.2 Å². The first-order valence-electron chi connectivity index (χ1n) is 8.23. The van der Waals surface area contributed by atoms with Gasteiger partial charge in [-0.25, -0.2) is 4.98 Å². The fraction of sp³-hybridized carbons (Fsp3) is 0.588. The van der Waals surface area contributed by atoms with Crippen LogP contribution < -0.4 is 10.2 Å². The van der Waals surface area contributed by atoms with E-state index in [-0.39, 0.29) is 11.8 Å². The van der Waals surface area contributed by atoms with Crippen molar-refractivity contribution in [2.75, 3.05) is 37.7 Å². The minimum atomic E-state index is 0.0898. The second-order valence-corrected chi connectivity index (χ2v) is 6.25. The number of carbonyl (C=O) groups excluding carboxylic acids is 1. The van der Waals surface area contributed by atoms with Gasteiger partial charge in [-0.2, -0.15) is 5.26 Å². The summed E-state index contributed by atoms with van der Waals surface area (Å²) in [7, 11) is 0. The number of hydrogen-bond acceptors (Lipinski definition) is 5. The zero-order valence-corrected chi connectivity index (χ0v) is 13.2. The average molecular weight is 314 g/mol. The molecule has 3 rings (SSSR count). The Bertz CT molecular complexity index is 567. The van der Waals surface area contributed by atoms with Gasteiger partial charge >= 0.3 is 0 Å². The zero-order chi connectivity index (χ0) is 16.1. The number of nitrogens with one attached hydrogen (secondary N) is 1. The van der Waals surface area contributed by atoms with Crippen molar-refractivity contribution in [2.24, 2.45) is 11.8 Å². The van der Waals surface area contributed by atoms with Gasteiger partial charge < -0.3 is 15.0 Å². The van der Waals surface area contributed by atoms with Crippen LogP contribution in [0, 0.1) is 23.2 Å². The number of rotatable bonds is 4. The molecular formula is C17H22N4O2. The van der Waals surface area contributed by atoms with E-state index in [2.05, 4.69) is 21.3 Å². The number of ether oxygens (including phenoxy) is 1. The summed E-state index contributed by atoms with van der Waals surface area (Å²) < 4.78 is 5.33. The highest BCUT2D eigenvalue weighted by atomic mass is 16.5. The van der Waals surface area contributed by atoms with Gasteiger partial charge in [0.15, 0.2) is 0 Å². The van der Waals surface area contributed by atoms with Crippen molar-refractivity contribution in [3.8, 4) is 6.07 Å². The van der Waals surface area contributed by atoms with Gasteiger partial charge in [0.1, 0.15) is 11.9 Å². The first kappa shape index (κ1) is 15.8. The molecule has 2 aliphatic rings. The summed E-state index contributed by atoms with van der Waals surface area (Å²) in [5.74, 6) is 1.61. The molecule has 1 aromatic rings. The van der Waals surface area contributed by atoms with Crippen LogP contribution in [0.1, 0.15) is 24.8 Å². The number of hydrogen-bond donors (Lipinski definition) is 1. The van der Waals surface area contributed by atoms with Crippen LogP contribution in [-0.4, -0.2) is 43.7 Å². The van der Waals surface area contributed by atoms with Crippen molar-refractivity contribution in [1.82, 2.24) is 10.3 Å². The lowest BCUT2D eigenvalue weighted by Gasteiger charge is -2.32. The summed E-state index contributed by atoms with van der Waals surface area (Å²) in [5, 5.41) is 11.9. The fourth-order valence-electron chi connectivity index (χ4n) is 3.14. The largest absolute Gasteiger partial charge is 0.381 e. The van der Waals surface area contributed by atoms with E-state index in [9.17, 15) is 4.79 Å². The Kier molecular flexibility index (Phi) is 5.09. The van der Waals surface area contributed by atoms with Crippen molar-refractivity contribution in [1.29, 1.82) is 5.26 Å². The highest BCUT2D eigenvalue weighted by Gasteiger charge is 2.26. The molecule has 0 spiro atoms. The maximum atomic E-state index is 12.3. The molecule has 0 radical (unpaired) electrons. The molecule has 1 unspecified atom stereocenters. The fourth-order valence-corrected chi connectivity index (χ4v) is 3.14. The molecule has 1 atom stereocenters. The molecule has 0 aromatic carbocycles. The van der Waals surface area contributed by atoms with E-state index in [4.69, 9.17) is 10.00 Å². The predicted molar refractivity (Wildman–Crippen MR) is 85.8 cm³/mol. The van der Waals surface area contributed by atoms with E-state index in [0.29, 0.717) is 11.5 Å². The Labute approximate surface area is 136 Å². The molecule has 6 nitrogen and oxygen atoms in total. The summed E-state index contributed by atoms with van der Waals surface area (Å²) in [5.41, 5.74) is 0.568. The molecule has 0 aliphatic carbocycles. The molecule has 1 amide bonds. The quantitative estimate of drug-likeness (QED) is 0.907. The Morgan fingerprint density at radius 3 is 2.83 bits per heavy atom. The third-order valence-corrected chi connectivity index (χ3v) is 4.66. The first-order chi connectivity index (χ1) is 11.3. The first-order valence-corrected chi connectivity index (χ1v) is 8.23. The number of anilines is 1. The normalized spacial score (nSPS) is 21.9. The Hall–Kier alpha value is -2.13. The number of piperidine rings is 1. The minimum absolute atomic E-state index is 0.0898.